The number of halogens is 1. The van der Waals surface area contributed by atoms with Crippen LogP contribution in [-0.4, -0.2) is 26.6 Å². The number of methoxy groups -OCH3 is 2. The van der Waals surface area contributed by atoms with E-state index in [2.05, 4.69) is 0 Å². The molecule has 3 nitrogen and oxygen atoms in total. The minimum Gasteiger partial charge on any atom is -0.496 e. The lowest BCUT2D eigenvalue weighted by atomic mass is 9.96. The van der Waals surface area contributed by atoms with Crippen LogP contribution in [0.15, 0.2) is 18.2 Å². The second-order valence-corrected chi connectivity index (χ2v) is 4.33. The molecular weight excluding hydrogens is 240 g/mol. The van der Waals surface area contributed by atoms with Crippen molar-refractivity contribution in [1.82, 2.24) is 0 Å². The van der Waals surface area contributed by atoms with Gasteiger partial charge in [-0.25, -0.2) is 0 Å². The molecule has 1 rings (SSSR count). The standard InChI is InChI=1S/C13H17ClO3/c1-9(6-7-16-2)13(15)11-5-4-10(14)8-12(11)17-3/h4-5,8-9H,6-7H2,1-3H3. The van der Waals surface area contributed by atoms with Crippen molar-refractivity contribution in [3.05, 3.63) is 28.8 Å². The molecule has 17 heavy (non-hydrogen) atoms. The van der Waals surface area contributed by atoms with E-state index in [0.29, 0.717) is 29.4 Å². The van der Waals surface area contributed by atoms with Gasteiger partial charge in [0.25, 0.3) is 0 Å². The van der Waals surface area contributed by atoms with E-state index in [1.165, 1.54) is 7.11 Å². The number of Topliss-reactive ketones (excluding diaryl/α,β-unsaturated/α-hetero) is 1. The van der Waals surface area contributed by atoms with Crippen molar-refractivity contribution in [3.63, 3.8) is 0 Å². The quantitative estimate of drug-likeness (QED) is 0.734. The highest BCUT2D eigenvalue weighted by Gasteiger charge is 2.18. The average molecular weight is 257 g/mol. The summed E-state index contributed by atoms with van der Waals surface area (Å²) in [6.07, 6.45) is 0.696. The van der Waals surface area contributed by atoms with E-state index < -0.39 is 0 Å². The smallest absolute Gasteiger partial charge is 0.169 e. The van der Waals surface area contributed by atoms with Gasteiger partial charge in [0.05, 0.1) is 12.7 Å². The summed E-state index contributed by atoms with van der Waals surface area (Å²) in [5.41, 5.74) is 0.570. The summed E-state index contributed by atoms with van der Waals surface area (Å²) in [6, 6.07) is 5.05. The van der Waals surface area contributed by atoms with Gasteiger partial charge in [0.15, 0.2) is 5.78 Å². The van der Waals surface area contributed by atoms with Crippen LogP contribution in [0.1, 0.15) is 23.7 Å². The number of carbonyl (C=O) groups is 1. The Morgan fingerprint density at radius 1 is 1.41 bits per heavy atom. The highest BCUT2D eigenvalue weighted by Crippen LogP contribution is 2.26. The predicted octanol–water partition coefficient (Wildman–Crippen LogP) is 3.20. The van der Waals surface area contributed by atoms with Crippen LogP contribution in [0.4, 0.5) is 0 Å². The second-order valence-electron chi connectivity index (χ2n) is 3.89. The molecule has 1 unspecified atom stereocenters. The summed E-state index contributed by atoms with van der Waals surface area (Å²) in [7, 11) is 3.16. The molecule has 0 aliphatic carbocycles. The second kappa shape index (κ2) is 6.62. The maximum atomic E-state index is 12.2. The minimum absolute atomic E-state index is 0.0515. The van der Waals surface area contributed by atoms with Gasteiger partial charge in [0.2, 0.25) is 0 Å². The van der Waals surface area contributed by atoms with Gasteiger partial charge in [0.1, 0.15) is 5.75 Å². The van der Waals surface area contributed by atoms with Gasteiger partial charge in [-0.2, -0.15) is 0 Å². The molecule has 0 heterocycles. The molecule has 1 aromatic rings. The van der Waals surface area contributed by atoms with E-state index in [-0.39, 0.29) is 11.7 Å². The molecule has 1 atom stereocenters. The van der Waals surface area contributed by atoms with Crippen LogP contribution in [0, 0.1) is 5.92 Å². The molecule has 0 radical (unpaired) electrons. The van der Waals surface area contributed by atoms with Crippen molar-refractivity contribution in [2.75, 3.05) is 20.8 Å². The van der Waals surface area contributed by atoms with Gasteiger partial charge in [-0.3, -0.25) is 4.79 Å². The minimum atomic E-state index is -0.0926. The number of ether oxygens (including phenoxy) is 2. The number of rotatable bonds is 6. The molecule has 0 spiro atoms. The Kier molecular flexibility index (Phi) is 5.45. The summed E-state index contributed by atoms with van der Waals surface area (Å²) < 4.78 is 10.1. The molecule has 0 saturated carbocycles. The molecule has 4 heteroatoms. The number of hydrogen-bond donors (Lipinski definition) is 0. The van der Waals surface area contributed by atoms with Gasteiger partial charge >= 0.3 is 0 Å². The van der Waals surface area contributed by atoms with Gasteiger partial charge in [-0.15, -0.1) is 0 Å². The molecule has 0 aliphatic heterocycles. The molecule has 94 valence electrons. The normalized spacial score (nSPS) is 12.2. The van der Waals surface area contributed by atoms with Crippen LogP contribution in [-0.2, 0) is 4.74 Å². The Bertz CT molecular complexity index is 390. The van der Waals surface area contributed by atoms with E-state index in [4.69, 9.17) is 21.1 Å². The van der Waals surface area contributed by atoms with E-state index in [0.717, 1.165) is 0 Å². The first kappa shape index (κ1) is 14.0. The van der Waals surface area contributed by atoms with Crippen molar-refractivity contribution in [1.29, 1.82) is 0 Å². The molecule has 0 N–H and O–H groups in total. The third-order valence-electron chi connectivity index (χ3n) is 2.63. The maximum Gasteiger partial charge on any atom is 0.169 e. The van der Waals surface area contributed by atoms with E-state index in [1.54, 1.807) is 25.3 Å². The number of ketones is 1. The van der Waals surface area contributed by atoms with Gasteiger partial charge in [-0.1, -0.05) is 18.5 Å². The summed E-state index contributed by atoms with van der Waals surface area (Å²) >= 11 is 5.85. The van der Waals surface area contributed by atoms with Crippen molar-refractivity contribution >= 4 is 17.4 Å². The van der Waals surface area contributed by atoms with E-state index in [9.17, 15) is 4.79 Å². The summed E-state index contributed by atoms with van der Waals surface area (Å²) in [5.74, 6) is 0.479. The lowest BCUT2D eigenvalue weighted by molar-refractivity contribution is 0.0890. The average Bonchev–Trinajstić information content (AvgIpc) is 2.34. The molecule has 0 amide bonds. The Morgan fingerprint density at radius 3 is 2.71 bits per heavy atom. The summed E-state index contributed by atoms with van der Waals surface area (Å²) in [6.45, 7) is 2.46. The van der Waals surface area contributed by atoms with Gasteiger partial charge in [0, 0.05) is 24.7 Å². The number of carbonyl (C=O) groups excluding carboxylic acids is 1. The fourth-order valence-corrected chi connectivity index (χ4v) is 1.72. The molecule has 0 fully saturated rings. The molecule has 0 aliphatic rings. The van der Waals surface area contributed by atoms with Crippen LogP contribution < -0.4 is 4.74 Å². The monoisotopic (exact) mass is 256 g/mol. The lowest BCUT2D eigenvalue weighted by Gasteiger charge is -2.13. The molecule has 1 aromatic carbocycles. The Morgan fingerprint density at radius 2 is 2.12 bits per heavy atom. The zero-order valence-electron chi connectivity index (χ0n) is 10.3. The highest BCUT2D eigenvalue weighted by molar-refractivity contribution is 6.30. The largest absolute Gasteiger partial charge is 0.496 e. The van der Waals surface area contributed by atoms with Crippen molar-refractivity contribution in [3.8, 4) is 5.75 Å². The fraction of sp³-hybridized carbons (Fsp3) is 0.462. The zero-order valence-corrected chi connectivity index (χ0v) is 11.1. The van der Waals surface area contributed by atoms with Crippen LogP contribution in [0.3, 0.4) is 0 Å². The number of benzene rings is 1. The third kappa shape index (κ3) is 3.72. The lowest BCUT2D eigenvalue weighted by Crippen LogP contribution is -2.14. The Labute approximate surface area is 107 Å². The maximum absolute atomic E-state index is 12.2. The van der Waals surface area contributed by atoms with Gasteiger partial charge < -0.3 is 9.47 Å². The van der Waals surface area contributed by atoms with Crippen molar-refractivity contribution in [2.24, 2.45) is 5.92 Å². The molecule has 0 aromatic heterocycles. The third-order valence-corrected chi connectivity index (χ3v) is 2.87. The van der Waals surface area contributed by atoms with Crippen molar-refractivity contribution < 1.29 is 14.3 Å². The first-order chi connectivity index (χ1) is 8.10. The van der Waals surface area contributed by atoms with Gasteiger partial charge in [-0.05, 0) is 24.6 Å². The SMILES string of the molecule is COCCC(C)C(=O)c1ccc(Cl)cc1OC. The van der Waals surface area contributed by atoms with Crippen LogP contribution in [0.2, 0.25) is 5.02 Å². The highest BCUT2D eigenvalue weighted by atomic mass is 35.5. The zero-order chi connectivity index (χ0) is 12.8. The Hall–Kier alpha value is -1.06. The topological polar surface area (TPSA) is 35.5 Å². The van der Waals surface area contributed by atoms with Crippen LogP contribution in [0.25, 0.3) is 0 Å². The molecular formula is C13H17ClO3. The van der Waals surface area contributed by atoms with E-state index in [1.807, 2.05) is 6.92 Å². The summed E-state index contributed by atoms with van der Waals surface area (Å²) in [5, 5.41) is 0.558. The predicted molar refractivity (Wildman–Crippen MR) is 68.0 cm³/mol. The summed E-state index contributed by atoms with van der Waals surface area (Å²) in [4.78, 5) is 12.2. The fourth-order valence-electron chi connectivity index (χ4n) is 1.56. The van der Waals surface area contributed by atoms with Crippen LogP contribution in [0.5, 0.6) is 5.75 Å². The first-order valence-corrected chi connectivity index (χ1v) is 5.84. The van der Waals surface area contributed by atoms with Crippen molar-refractivity contribution in [2.45, 2.75) is 13.3 Å². The number of hydrogen-bond acceptors (Lipinski definition) is 3. The van der Waals surface area contributed by atoms with E-state index >= 15 is 0 Å². The van der Waals surface area contributed by atoms with Crippen LogP contribution >= 0.6 is 11.6 Å². The molecule has 0 saturated heterocycles. The first-order valence-electron chi connectivity index (χ1n) is 5.46. The Balaban J connectivity index is 2.87. The molecule has 0 bridgehead atoms.